The van der Waals surface area contributed by atoms with Crippen molar-refractivity contribution in [1.82, 2.24) is 15.1 Å². The van der Waals surface area contributed by atoms with E-state index in [0.29, 0.717) is 44.8 Å². The van der Waals surface area contributed by atoms with Gasteiger partial charge in [0.25, 0.3) is 5.91 Å². The zero-order chi connectivity index (χ0) is 21.7. The van der Waals surface area contributed by atoms with E-state index in [-0.39, 0.29) is 29.4 Å². The number of rotatable bonds is 7. The molecule has 7 nitrogen and oxygen atoms in total. The molecule has 1 fully saturated rings. The van der Waals surface area contributed by atoms with Crippen LogP contribution in [0, 0.1) is 0 Å². The summed E-state index contributed by atoms with van der Waals surface area (Å²) in [4.78, 5) is 28.5. The lowest BCUT2D eigenvalue weighted by molar-refractivity contribution is -0.132. The summed E-state index contributed by atoms with van der Waals surface area (Å²) >= 11 is 0. The second-order valence-electron chi connectivity index (χ2n) is 8.69. The van der Waals surface area contributed by atoms with Gasteiger partial charge in [0.2, 0.25) is 5.91 Å². The number of nitrogens with one attached hydrogen (secondary N) is 1. The fourth-order valence-electron chi connectivity index (χ4n) is 3.18. The van der Waals surface area contributed by atoms with Gasteiger partial charge in [0, 0.05) is 57.5 Å². The first kappa shape index (κ1) is 23.3. The Morgan fingerprint density at radius 3 is 2.14 bits per heavy atom. The van der Waals surface area contributed by atoms with Gasteiger partial charge in [-0.15, -0.1) is 0 Å². The number of hydrogen-bond donors (Lipinski definition) is 1. The number of amides is 2. The lowest BCUT2D eigenvalue weighted by Gasteiger charge is -2.34. The van der Waals surface area contributed by atoms with Crippen molar-refractivity contribution in [3.8, 4) is 0 Å². The summed E-state index contributed by atoms with van der Waals surface area (Å²) in [5.41, 5.74) is 1.79. The minimum atomic E-state index is -2.97. The predicted octanol–water partition coefficient (Wildman–Crippen LogP) is 1.29. The molecule has 0 spiro atoms. The van der Waals surface area contributed by atoms with Crippen molar-refractivity contribution >= 4 is 21.7 Å². The molecule has 1 N–H and O–H groups in total. The minimum absolute atomic E-state index is 0.0103. The van der Waals surface area contributed by atoms with Gasteiger partial charge in [-0.05, 0) is 23.1 Å². The molecular weight excluding hydrogens is 390 g/mol. The highest BCUT2D eigenvalue weighted by molar-refractivity contribution is 7.90. The molecule has 2 rings (SSSR count). The van der Waals surface area contributed by atoms with E-state index in [4.69, 9.17) is 0 Å². The molecule has 0 bridgehead atoms. The van der Waals surface area contributed by atoms with Crippen molar-refractivity contribution in [1.29, 1.82) is 0 Å². The summed E-state index contributed by atoms with van der Waals surface area (Å²) < 4.78 is 22.5. The first-order valence-corrected chi connectivity index (χ1v) is 12.1. The predicted molar refractivity (Wildman–Crippen MR) is 115 cm³/mol. The molecule has 1 aromatic rings. The molecule has 0 saturated carbocycles. The van der Waals surface area contributed by atoms with Crippen molar-refractivity contribution in [2.45, 2.75) is 32.6 Å². The molecule has 0 aliphatic carbocycles. The molecule has 1 aliphatic heterocycles. The number of carbonyl (C=O) groups is 2. The second kappa shape index (κ2) is 9.71. The number of piperazine rings is 1. The Kier molecular flexibility index (Phi) is 7.82. The van der Waals surface area contributed by atoms with Crippen LogP contribution in [0.4, 0.5) is 0 Å². The number of hydrogen-bond acceptors (Lipinski definition) is 5. The monoisotopic (exact) mass is 423 g/mol. The topological polar surface area (TPSA) is 86.8 Å². The third kappa shape index (κ3) is 7.78. The van der Waals surface area contributed by atoms with Gasteiger partial charge in [0.1, 0.15) is 9.84 Å². The van der Waals surface area contributed by atoms with Crippen LogP contribution in [-0.2, 0) is 20.0 Å². The number of carbonyl (C=O) groups excluding carboxylic acids is 2. The lowest BCUT2D eigenvalue weighted by atomic mass is 9.87. The maximum Gasteiger partial charge on any atom is 0.251 e. The number of benzene rings is 1. The van der Waals surface area contributed by atoms with Crippen LogP contribution in [0.2, 0.25) is 0 Å². The van der Waals surface area contributed by atoms with E-state index < -0.39 is 9.84 Å². The largest absolute Gasteiger partial charge is 0.352 e. The van der Waals surface area contributed by atoms with Crippen LogP contribution in [0.1, 0.15) is 43.1 Å². The van der Waals surface area contributed by atoms with E-state index in [1.807, 2.05) is 24.3 Å². The third-order valence-electron chi connectivity index (χ3n) is 5.14. The highest BCUT2D eigenvalue weighted by Gasteiger charge is 2.21. The summed E-state index contributed by atoms with van der Waals surface area (Å²) in [5, 5.41) is 2.81. The minimum Gasteiger partial charge on any atom is -0.352 e. The Balaban J connectivity index is 1.71. The van der Waals surface area contributed by atoms with E-state index in [1.54, 1.807) is 4.90 Å². The maximum atomic E-state index is 12.4. The molecule has 29 heavy (non-hydrogen) atoms. The SMILES string of the molecule is CC(C)(C)c1ccc(C(=O)NCCC(=O)N2CCN(CCS(C)(=O)=O)CC2)cc1. The van der Waals surface area contributed by atoms with Gasteiger partial charge in [0.05, 0.1) is 5.75 Å². The highest BCUT2D eigenvalue weighted by Crippen LogP contribution is 2.22. The Morgan fingerprint density at radius 2 is 1.62 bits per heavy atom. The van der Waals surface area contributed by atoms with E-state index >= 15 is 0 Å². The average Bonchev–Trinajstić information content (AvgIpc) is 2.65. The molecule has 162 valence electrons. The number of nitrogens with zero attached hydrogens (tertiary/aromatic N) is 2. The maximum absolute atomic E-state index is 12.4. The molecule has 0 unspecified atom stereocenters. The van der Waals surface area contributed by atoms with Crippen LogP contribution in [0.15, 0.2) is 24.3 Å². The summed E-state index contributed by atoms with van der Waals surface area (Å²) in [7, 11) is -2.97. The summed E-state index contributed by atoms with van der Waals surface area (Å²) in [6.07, 6.45) is 1.50. The van der Waals surface area contributed by atoms with Gasteiger partial charge in [-0.1, -0.05) is 32.9 Å². The summed E-state index contributed by atoms with van der Waals surface area (Å²) in [5.74, 6) is -0.0241. The molecule has 0 aromatic heterocycles. The normalized spacial score (nSPS) is 15.9. The lowest BCUT2D eigenvalue weighted by Crippen LogP contribution is -2.50. The Labute approximate surface area is 174 Å². The van der Waals surface area contributed by atoms with Crippen molar-refractivity contribution in [3.05, 3.63) is 35.4 Å². The Bertz CT molecular complexity index is 805. The fraction of sp³-hybridized carbons (Fsp3) is 0.619. The first-order valence-electron chi connectivity index (χ1n) is 10.0. The van der Waals surface area contributed by atoms with Crippen molar-refractivity contribution in [2.24, 2.45) is 0 Å². The molecule has 1 heterocycles. The van der Waals surface area contributed by atoms with Gasteiger partial charge in [-0.2, -0.15) is 0 Å². The van der Waals surface area contributed by atoms with Gasteiger partial charge in [-0.3, -0.25) is 14.5 Å². The third-order valence-corrected chi connectivity index (χ3v) is 6.06. The quantitative estimate of drug-likeness (QED) is 0.714. The molecule has 1 saturated heterocycles. The Hall–Kier alpha value is -1.93. The summed E-state index contributed by atoms with van der Waals surface area (Å²) in [6, 6.07) is 7.55. The standard InChI is InChI=1S/C21H33N3O4S/c1-21(2,3)18-7-5-17(6-8-18)20(26)22-10-9-19(25)24-13-11-23(12-14-24)15-16-29(4,27)28/h5-8H,9-16H2,1-4H3,(H,22,26). The molecule has 2 amide bonds. The smallest absolute Gasteiger partial charge is 0.251 e. The van der Waals surface area contributed by atoms with Crippen molar-refractivity contribution in [2.75, 3.05) is 51.3 Å². The highest BCUT2D eigenvalue weighted by atomic mass is 32.2. The van der Waals surface area contributed by atoms with E-state index in [9.17, 15) is 18.0 Å². The molecular formula is C21H33N3O4S. The van der Waals surface area contributed by atoms with Crippen molar-refractivity contribution < 1.29 is 18.0 Å². The zero-order valence-corrected chi connectivity index (χ0v) is 18.7. The molecule has 8 heteroatoms. The van der Waals surface area contributed by atoms with Crippen LogP contribution < -0.4 is 5.32 Å². The molecule has 0 radical (unpaired) electrons. The van der Waals surface area contributed by atoms with E-state index in [1.165, 1.54) is 11.8 Å². The van der Waals surface area contributed by atoms with E-state index in [2.05, 4.69) is 31.0 Å². The van der Waals surface area contributed by atoms with Gasteiger partial charge >= 0.3 is 0 Å². The Morgan fingerprint density at radius 1 is 1.03 bits per heavy atom. The zero-order valence-electron chi connectivity index (χ0n) is 17.9. The summed E-state index contributed by atoms with van der Waals surface area (Å²) in [6.45, 7) is 9.70. The second-order valence-corrected chi connectivity index (χ2v) is 10.9. The van der Waals surface area contributed by atoms with Crippen LogP contribution >= 0.6 is 0 Å². The van der Waals surface area contributed by atoms with Crippen LogP contribution in [0.5, 0.6) is 0 Å². The van der Waals surface area contributed by atoms with Crippen molar-refractivity contribution in [3.63, 3.8) is 0 Å². The molecule has 1 aromatic carbocycles. The van der Waals surface area contributed by atoms with Crippen LogP contribution in [-0.4, -0.2) is 81.3 Å². The number of sulfone groups is 1. The van der Waals surface area contributed by atoms with Gasteiger partial charge in [-0.25, -0.2) is 8.42 Å². The van der Waals surface area contributed by atoms with E-state index in [0.717, 1.165) is 0 Å². The fourth-order valence-corrected chi connectivity index (χ4v) is 3.77. The van der Waals surface area contributed by atoms with Gasteiger partial charge < -0.3 is 10.2 Å². The first-order chi connectivity index (χ1) is 13.5. The van der Waals surface area contributed by atoms with Crippen LogP contribution in [0.25, 0.3) is 0 Å². The van der Waals surface area contributed by atoms with Crippen LogP contribution in [0.3, 0.4) is 0 Å². The van der Waals surface area contributed by atoms with Gasteiger partial charge in [0.15, 0.2) is 0 Å². The molecule has 0 atom stereocenters. The molecule has 1 aliphatic rings. The average molecular weight is 424 g/mol.